The first-order valence-electron chi connectivity index (χ1n) is 2.31. The number of nitrogens with one attached hydrogen (secondary N) is 1. The van der Waals surface area contributed by atoms with E-state index in [9.17, 15) is 9.59 Å². The monoisotopic (exact) mass is 131 g/mol. The molecule has 3 N–H and O–H groups in total. The lowest BCUT2D eigenvalue weighted by Gasteiger charge is -2.06. The fourth-order valence-corrected chi connectivity index (χ4v) is 0.265. The molecule has 0 atom stereocenters. The van der Waals surface area contributed by atoms with Crippen molar-refractivity contribution in [1.29, 1.82) is 0 Å². The lowest BCUT2D eigenvalue weighted by atomic mass is 10.5. The largest absolute Gasteiger partial charge is 0.341 e. The molecular formula is C4H9N3O2. The molecule has 5 nitrogen and oxygen atoms in total. The van der Waals surface area contributed by atoms with Crippen LogP contribution in [0.15, 0.2) is 0 Å². The Hall–Kier alpha value is -1.10. The van der Waals surface area contributed by atoms with Crippen molar-refractivity contribution in [1.82, 2.24) is 10.3 Å². The highest BCUT2D eigenvalue weighted by atomic mass is 16.2. The normalized spacial score (nSPS) is 8.33. The van der Waals surface area contributed by atoms with E-state index in [1.165, 1.54) is 14.1 Å². The number of carbonyl (C=O) groups is 2. The van der Waals surface area contributed by atoms with E-state index in [2.05, 4.69) is 5.84 Å². The van der Waals surface area contributed by atoms with Crippen molar-refractivity contribution in [2.24, 2.45) is 5.84 Å². The van der Waals surface area contributed by atoms with E-state index in [1.54, 1.807) is 5.43 Å². The summed E-state index contributed by atoms with van der Waals surface area (Å²) in [7, 11) is 2.94. The summed E-state index contributed by atoms with van der Waals surface area (Å²) in [5.41, 5.74) is 1.72. The molecule has 2 amide bonds. The fraction of sp³-hybridized carbons (Fsp3) is 0.500. The summed E-state index contributed by atoms with van der Waals surface area (Å²) in [6.07, 6.45) is 0. The Labute approximate surface area is 52.8 Å². The molecule has 9 heavy (non-hydrogen) atoms. The number of nitrogens with zero attached hydrogens (tertiary/aromatic N) is 1. The quantitative estimate of drug-likeness (QED) is 0.174. The smallest absolute Gasteiger partial charge is 0.323 e. The molecule has 0 unspecified atom stereocenters. The van der Waals surface area contributed by atoms with E-state index in [1.807, 2.05) is 0 Å². The molecule has 0 spiro atoms. The number of likely N-dealkylation sites (N-methyl/N-ethyl adjacent to an activating group) is 1. The molecule has 0 radical (unpaired) electrons. The summed E-state index contributed by atoms with van der Waals surface area (Å²) >= 11 is 0. The van der Waals surface area contributed by atoms with Gasteiger partial charge in [0.25, 0.3) is 0 Å². The Morgan fingerprint density at radius 2 is 1.89 bits per heavy atom. The highest BCUT2D eigenvalue weighted by molar-refractivity contribution is 6.34. The highest BCUT2D eigenvalue weighted by Gasteiger charge is 2.12. The van der Waals surface area contributed by atoms with Gasteiger partial charge in [-0.2, -0.15) is 0 Å². The van der Waals surface area contributed by atoms with Crippen LogP contribution in [0.25, 0.3) is 0 Å². The standard InChI is InChI=1S/C4H9N3O2/c1-7(2)4(9)3(8)6-5/h5H2,1-2H3,(H,6,8). The summed E-state index contributed by atoms with van der Waals surface area (Å²) in [6.45, 7) is 0. The number of nitrogens with two attached hydrogens (primary N) is 1. The van der Waals surface area contributed by atoms with Gasteiger partial charge < -0.3 is 4.90 Å². The SMILES string of the molecule is CN(C)C(=O)C(=O)NN. The lowest BCUT2D eigenvalue weighted by Crippen LogP contribution is -2.42. The second-order valence-corrected chi connectivity index (χ2v) is 1.67. The van der Waals surface area contributed by atoms with E-state index < -0.39 is 11.8 Å². The maximum absolute atomic E-state index is 10.5. The third-order valence-electron chi connectivity index (χ3n) is 0.732. The number of carbonyl (C=O) groups excluding carboxylic acids is 2. The van der Waals surface area contributed by atoms with Crippen LogP contribution in [0.3, 0.4) is 0 Å². The number of hydrogen-bond acceptors (Lipinski definition) is 3. The minimum Gasteiger partial charge on any atom is -0.341 e. The van der Waals surface area contributed by atoms with Gasteiger partial charge in [-0.3, -0.25) is 15.0 Å². The van der Waals surface area contributed by atoms with Gasteiger partial charge in [0.05, 0.1) is 0 Å². The van der Waals surface area contributed by atoms with E-state index >= 15 is 0 Å². The van der Waals surface area contributed by atoms with Gasteiger partial charge in [-0.25, -0.2) is 5.84 Å². The first-order valence-corrected chi connectivity index (χ1v) is 2.31. The van der Waals surface area contributed by atoms with Crippen molar-refractivity contribution in [3.8, 4) is 0 Å². The van der Waals surface area contributed by atoms with Crippen LogP contribution in [0.5, 0.6) is 0 Å². The van der Waals surface area contributed by atoms with Gasteiger partial charge >= 0.3 is 11.8 Å². The summed E-state index contributed by atoms with van der Waals surface area (Å²) in [6, 6.07) is 0. The highest BCUT2D eigenvalue weighted by Crippen LogP contribution is 1.74. The molecule has 0 saturated carbocycles. The zero-order chi connectivity index (χ0) is 7.44. The Kier molecular flexibility index (Phi) is 2.66. The van der Waals surface area contributed by atoms with Crippen LogP contribution in [-0.2, 0) is 9.59 Å². The third kappa shape index (κ3) is 2.09. The van der Waals surface area contributed by atoms with Gasteiger partial charge in [-0.15, -0.1) is 0 Å². The van der Waals surface area contributed by atoms with Crippen molar-refractivity contribution in [2.45, 2.75) is 0 Å². The van der Waals surface area contributed by atoms with Crippen molar-refractivity contribution < 1.29 is 9.59 Å². The van der Waals surface area contributed by atoms with Crippen LogP contribution >= 0.6 is 0 Å². The maximum Gasteiger partial charge on any atom is 0.323 e. The van der Waals surface area contributed by atoms with Gasteiger partial charge in [0, 0.05) is 14.1 Å². The molecule has 0 rings (SSSR count). The van der Waals surface area contributed by atoms with Crippen LogP contribution in [0, 0.1) is 0 Å². The summed E-state index contributed by atoms with van der Waals surface area (Å²) in [4.78, 5) is 22.0. The average Bonchev–Trinajstić information content (AvgIpc) is 1.84. The molecule has 0 fully saturated rings. The zero-order valence-electron chi connectivity index (χ0n) is 5.34. The first-order chi connectivity index (χ1) is 4.09. The molecule has 52 valence electrons. The first kappa shape index (κ1) is 7.90. The number of hydrogen-bond donors (Lipinski definition) is 2. The molecule has 0 aromatic carbocycles. The predicted molar refractivity (Wildman–Crippen MR) is 31.0 cm³/mol. The number of hydrazine groups is 1. The molecule has 0 aliphatic carbocycles. The van der Waals surface area contributed by atoms with E-state index in [0.717, 1.165) is 4.90 Å². The van der Waals surface area contributed by atoms with E-state index in [-0.39, 0.29) is 0 Å². The van der Waals surface area contributed by atoms with Crippen LogP contribution in [0.4, 0.5) is 0 Å². The van der Waals surface area contributed by atoms with Crippen molar-refractivity contribution in [3.63, 3.8) is 0 Å². The molecular weight excluding hydrogens is 122 g/mol. The Morgan fingerprint density at radius 3 is 2.00 bits per heavy atom. The molecule has 0 heterocycles. The molecule has 0 aliphatic rings. The molecule has 5 heteroatoms. The summed E-state index contributed by atoms with van der Waals surface area (Å²) in [5, 5.41) is 0. The van der Waals surface area contributed by atoms with Gasteiger partial charge in [-0.05, 0) is 0 Å². The van der Waals surface area contributed by atoms with Crippen molar-refractivity contribution in [3.05, 3.63) is 0 Å². The van der Waals surface area contributed by atoms with Gasteiger partial charge in [0.1, 0.15) is 0 Å². The van der Waals surface area contributed by atoms with Crippen molar-refractivity contribution >= 4 is 11.8 Å². The third-order valence-corrected chi connectivity index (χ3v) is 0.732. The maximum atomic E-state index is 10.5. The molecule has 0 aliphatic heterocycles. The van der Waals surface area contributed by atoms with Crippen LogP contribution < -0.4 is 11.3 Å². The zero-order valence-corrected chi connectivity index (χ0v) is 5.34. The van der Waals surface area contributed by atoms with Crippen LogP contribution in [0.2, 0.25) is 0 Å². The van der Waals surface area contributed by atoms with E-state index in [4.69, 9.17) is 0 Å². The lowest BCUT2D eigenvalue weighted by molar-refractivity contribution is -0.144. The molecule has 0 aromatic rings. The average molecular weight is 131 g/mol. The molecule has 0 saturated heterocycles. The number of rotatable bonds is 0. The second-order valence-electron chi connectivity index (χ2n) is 1.67. The molecule has 0 bridgehead atoms. The Bertz CT molecular complexity index is 132. The predicted octanol–water partition coefficient (Wildman–Crippen LogP) is -1.94. The number of amides is 2. The van der Waals surface area contributed by atoms with Crippen LogP contribution in [-0.4, -0.2) is 30.8 Å². The van der Waals surface area contributed by atoms with Gasteiger partial charge in [0.2, 0.25) is 0 Å². The van der Waals surface area contributed by atoms with Crippen LogP contribution in [0.1, 0.15) is 0 Å². The Balaban J connectivity index is 3.89. The van der Waals surface area contributed by atoms with Gasteiger partial charge in [-0.1, -0.05) is 0 Å². The summed E-state index contributed by atoms with van der Waals surface area (Å²) < 4.78 is 0. The summed E-state index contributed by atoms with van der Waals surface area (Å²) in [5.74, 6) is 3.20. The van der Waals surface area contributed by atoms with Crippen molar-refractivity contribution in [2.75, 3.05) is 14.1 Å². The fourth-order valence-electron chi connectivity index (χ4n) is 0.265. The topological polar surface area (TPSA) is 75.4 Å². The second kappa shape index (κ2) is 3.03. The molecule has 0 aromatic heterocycles. The Morgan fingerprint density at radius 1 is 1.44 bits per heavy atom. The minimum atomic E-state index is -0.806. The minimum absolute atomic E-state index is 0.655. The van der Waals surface area contributed by atoms with Gasteiger partial charge in [0.15, 0.2) is 0 Å². The van der Waals surface area contributed by atoms with E-state index in [0.29, 0.717) is 0 Å².